The topological polar surface area (TPSA) is 61.4 Å². The van der Waals surface area contributed by atoms with E-state index in [1.807, 2.05) is 0 Å². The lowest BCUT2D eigenvalue weighted by molar-refractivity contribution is -0.115. The van der Waals surface area contributed by atoms with Gasteiger partial charge in [-0.1, -0.05) is 25.7 Å². The summed E-state index contributed by atoms with van der Waals surface area (Å²) in [6, 6.07) is 5.65. The molecular weight excluding hydrogens is 271 g/mol. The fourth-order valence-electron chi connectivity index (χ4n) is 2.71. The first-order valence-corrected chi connectivity index (χ1v) is 7.56. The van der Waals surface area contributed by atoms with Crippen LogP contribution < -0.4 is 10.6 Å². The molecule has 1 saturated carbocycles. The fraction of sp³-hybridized carbons (Fsp3) is 0.562. The number of rotatable bonds is 5. The van der Waals surface area contributed by atoms with Crippen LogP contribution in [0.3, 0.4) is 0 Å². The van der Waals surface area contributed by atoms with Crippen LogP contribution in [0, 0.1) is 5.82 Å². The van der Waals surface area contributed by atoms with Crippen molar-refractivity contribution in [2.75, 3.05) is 18.4 Å². The highest BCUT2D eigenvalue weighted by Crippen LogP contribution is 2.26. The molecule has 1 aromatic rings. The first kappa shape index (κ1) is 15.9. The Morgan fingerprint density at radius 3 is 2.38 bits per heavy atom. The van der Waals surface area contributed by atoms with Gasteiger partial charge in [-0.25, -0.2) is 4.39 Å². The van der Waals surface area contributed by atoms with Crippen LogP contribution >= 0.6 is 0 Å². The van der Waals surface area contributed by atoms with E-state index in [1.165, 1.54) is 37.1 Å². The average molecular weight is 294 g/mol. The number of aliphatic hydroxyl groups is 1. The number of carbonyl (C=O) groups is 1. The predicted octanol–water partition coefficient (Wildman–Crippen LogP) is 2.44. The Balaban J connectivity index is 1.72. The van der Waals surface area contributed by atoms with Crippen LogP contribution in [0.4, 0.5) is 10.1 Å². The van der Waals surface area contributed by atoms with E-state index in [9.17, 15) is 14.3 Å². The minimum absolute atomic E-state index is 0.139. The van der Waals surface area contributed by atoms with Gasteiger partial charge in [0.1, 0.15) is 5.82 Å². The Kier molecular flexibility index (Phi) is 5.70. The molecule has 1 amide bonds. The Bertz CT molecular complexity index is 454. The zero-order valence-electron chi connectivity index (χ0n) is 12.2. The summed E-state index contributed by atoms with van der Waals surface area (Å²) < 4.78 is 12.8. The van der Waals surface area contributed by atoms with Crippen molar-refractivity contribution in [1.82, 2.24) is 5.32 Å². The molecule has 0 saturated heterocycles. The van der Waals surface area contributed by atoms with Crippen molar-refractivity contribution in [3.8, 4) is 0 Å². The summed E-state index contributed by atoms with van der Waals surface area (Å²) in [6.45, 7) is 0.573. The number of amides is 1. The molecule has 3 N–H and O–H groups in total. The number of anilines is 1. The van der Waals surface area contributed by atoms with E-state index in [1.54, 1.807) is 0 Å². The van der Waals surface area contributed by atoms with Gasteiger partial charge in [-0.05, 0) is 37.1 Å². The van der Waals surface area contributed by atoms with Crippen molar-refractivity contribution in [1.29, 1.82) is 0 Å². The predicted molar refractivity (Wildman–Crippen MR) is 80.6 cm³/mol. The summed E-state index contributed by atoms with van der Waals surface area (Å²) in [5, 5.41) is 16.1. The van der Waals surface area contributed by atoms with Crippen molar-refractivity contribution in [2.45, 2.75) is 44.1 Å². The first-order chi connectivity index (χ1) is 10.1. The lowest BCUT2D eigenvalue weighted by Crippen LogP contribution is -2.42. The molecule has 0 radical (unpaired) electrons. The lowest BCUT2D eigenvalue weighted by atomic mass is 9.94. The summed E-state index contributed by atoms with van der Waals surface area (Å²) in [4.78, 5) is 11.8. The molecule has 1 aliphatic carbocycles. The minimum Gasteiger partial charge on any atom is -0.389 e. The normalized spacial score (nSPS) is 18.0. The third kappa shape index (κ3) is 5.44. The molecule has 116 valence electrons. The second-order valence-corrected chi connectivity index (χ2v) is 5.80. The van der Waals surface area contributed by atoms with Crippen LogP contribution in [0.15, 0.2) is 24.3 Å². The van der Waals surface area contributed by atoms with Crippen molar-refractivity contribution in [2.24, 2.45) is 0 Å². The molecule has 0 bridgehead atoms. The van der Waals surface area contributed by atoms with Gasteiger partial charge in [0.05, 0.1) is 12.1 Å². The second-order valence-electron chi connectivity index (χ2n) is 5.80. The molecule has 0 aliphatic heterocycles. The largest absolute Gasteiger partial charge is 0.389 e. The number of nitrogens with one attached hydrogen (secondary N) is 2. The second kappa shape index (κ2) is 7.52. The molecule has 0 spiro atoms. The van der Waals surface area contributed by atoms with E-state index in [-0.39, 0.29) is 18.3 Å². The van der Waals surface area contributed by atoms with Gasteiger partial charge < -0.3 is 15.7 Å². The molecule has 21 heavy (non-hydrogen) atoms. The van der Waals surface area contributed by atoms with Gasteiger partial charge in [0.25, 0.3) is 0 Å². The van der Waals surface area contributed by atoms with Crippen LogP contribution in [0.2, 0.25) is 0 Å². The molecule has 0 unspecified atom stereocenters. The zero-order valence-corrected chi connectivity index (χ0v) is 12.2. The van der Waals surface area contributed by atoms with E-state index in [0.717, 1.165) is 25.7 Å². The molecule has 4 nitrogen and oxygen atoms in total. The molecule has 5 heteroatoms. The molecule has 0 atom stereocenters. The number of carbonyl (C=O) groups excluding carboxylic acids is 1. The molecular formula is C16H23FN2O2. The van der Waals surface area contributed by atoms with Gasteiger partial charge in [0.15, 0.2) is 0 Å². The smallest absolute Gasteiger partial charge is 0.238 e. The Labute approximate surface area is 124 Å². The number of hydrogen-bond acceptors (Lipinski definition) is 3. The Hall–Kier alpha value is -1.46. The standard InChI is InChI=1S/C16H23FN2O2/c17-13-5-7-14(8-6-13)19-15(20)11-18-12-16(21)9-3-1-2-4-10-16/h5-8,18,21H,1-4,9-12H2,(H,19,20). The Morgan fingerprint density at radius 2 is 1.76 bits per heavy atom. The SMILES string of the molecule is O=C(CNCC1(O)CCCCCC1)Nc1ccc(F)cc1. The summed E-state index contributed by atoms with van der Waals surface area (Å²) in [7, 11) is 0. The summed E-state index contributed by atoms with van der Waals surface area (Å²) in [5.74, 6) is -0.527. The molecule has 0 heterocycles. The van der Waals surface area contributed by atoms with E-state index in [4.69, 9.17) is 0 Å². The molecule has 1 aliphatic rings. The fourth-order valence-corrected chi connectivity index (χ4v) is 2.71. The molecule has 0 aromatic heterocycles. The quantitative estimate of drug-likeness (QED) is 0.731. The highest BCUT2D eigenvalue weighted by atomic mass is 19.1. The highest BCUT2D eigenvalue weighted by molar-refractivity contribution is 5.92. The van der Waals surface area contributed by atoms with E-state index >= 15 is 0 Å². The third-order valence-corrected chi connectivity index (χ3v) is 3.90. The molecule has 1 fully saturated rings. The third-order valence-electron chi connectivity index (χ3n) is 3.90. The number of hydrogen-bond donors (Lipinski definition) is 3. The maximum absolute atomic E-state index is 12.8. The van der Waals surface area contributed by atoms with Crippen molar-refractivity contribution in [3.05, 3.63) is 30.1 Å². The van der Waals surface area contributed by atoms with Gasteiger partial charge >= 0.3 is 0 Å². The van der Waals surface area contributed by atoms with Gasteiger partial charge in [-0.3, -0.25) is 4.79 Å². The maximum Gasteiger partial charge on any atom is 0.238 e. The van der Waals surface area contributed by atoms with E-state index < -0.39 is 5.60 Å². The van der Waals surface area contributed by atoms with Gasteiger partial charge in [0, 0.05) is 12.2 Å². The van der Waals surface area contributed by atoms with Crippen molar-refractivity contribution in [3.63, 3.8) is 0 Å². The summed E-state index contributed by atoms with van der Waals surface area (Å²) >= 11 is 0. The van der Waals surface area contributed by atoms with E-state index in [2.05, 4.69) is 10.6 Å². The Morgan fingerprint density at radius 1 is 1.14 bits per heavy atom. The monoisotopic (exact) mass is 294 g/mol. The van der Waals surface area contributed by atoms with Crippen LogP contribution in [0.5, 0.6) is 0 Å². The molecule has 2 rings (SSSR count). The highest BCUT2D eigenvalue weighted by Gasteiger charge is 2.27. The first-order valence-electron chi connectivity index (χ1n) is 7.56. The zero-order chi connectivity index (χ0) is 15.1. The lowest BCUT2D eigenvalue weighted by Gasteiger charge is -2.26. The van der Waals surface area contributed by atoms with Crippen LogP contribution in [-0.4, -0.2) is 29.7 Å². The number of benzene rings is 1. The van der Waals surface area contributed by atoms with Crippen LogP contribution in [-0.2, 0) is 4.79 Å². The maximum atomic E-state index is 12.8. The van der Waals surface area contributed by atoms with Crippen molar-refractivity contribution >= 4 is 11.6 Å². The van der Waals surface area contributed by atoms with Gasteiger partial charge in [-0.15, -0.1) is 0 Å². The number of halogens is 1. The van der Waals surface area contributed by atoms with Crippen LogP contribution in [0.25, 0.3) is 0 Å². The van der Waals surface area contributed by atoms with Gasteiger partial charge in [0.2, 0.25) is 5.91 Å². The molecule has 1 aromatic carbocycles. The van der Waals surface area contributed by atoms with Crippen molar-refractivity contribution < 1.29 is 14.3 Å². The van der Waals surface area contributed by atoms with Crippen LogP contribution in [0.1, 0.15) is 38.5 Å². The summed E-state index contributed by atoms with van der Waals surface area (Å²) in [5.41, 5.74) is -0.122. The van der Waals surface area contributed by atoms with Gasteiger partial charge in [-0.2, -0.15) is 0 Å². The summed E-state index contributed by atoms with van der Waals surface area (Å²) in [6.07, 6.45) is 6.01. The average Bonchev–Trinajstić information content (AvgIpc) is 2.66. The minimum atomic E-state index is -0.688. The van der Waals surface area contributed by atoms with E-state index in [0.29, 0.717) is 12.2 Å².